The predicted molar refractivity (Wildman–Crippen MR) is 71.7 cm³/mol. The monoisotopic (exact) mass is 233 g/mol. The number of para-hydroxylation sites is 1. The fourth-order valence-corrected chi connectivity index (χ4v) is 2.29. The summed E-state index contributed by atoms with van der Waals surface area (Å²) in [7, 11) is 0. The smallest absolute Gasteiger partial charge is 0.123 e. The second kappa shape index (κ2) is 5.09. The Bertz CT molecular complexity index is 361. The van der Waals surface area contributed by atoms with E-state index >= 15 is 0 Å². The Labute approximate surface area is 104 Å². The average molecular weight is 233 g/mol. The van der Waals surface area contributed by atoms with Crippen LogP contribution in [0.3, 0.4) is 0 Å². The summed E-state index contributed by atoms with van der Waals surface area (Å²) in [6, 6.07) is 8.41. The quantitative estimate of drug-likeness (QED) is 0.847. The van der Waals surface area contributed by atoms with Gasteiger partial charge in [-0.2, -0.15) is 0 Å². The van der Waals surface area contributed by atoms with Gasteiger partial charge in [-0.15, -0.1) is 0 Å². The molecule has 0 amide bonds. The summed E-state index contributed by atoms with van der Waals surface area (Å²) in [4.78, 5) is 0. The minimum absolute atomic E-state index is 0.138. The van der Waals surface area contributed by atoms with Crippen LogP contribution in [-0.2, 0) is 5.41 Å². The molecular weight excluding hydrogens is 210 g/mol. The molecule has 17 heavy (non-hydrogen) atoms. The Balaban J connectivity index is 2.14. The molecule has 0 aromatic heterocycles. The summed E-state index contributed by atoms with van der Waals surface area (Å²) < 4.78 is 6.15. The third kappa shape index (κ3) is 3.22. The molecule has 2 heteroatoms. The normalized spacial score (nSPS) is 21.2. The molecule has 1 aliphatic rings. The molecule has 1 aromatic rings. The SMILES string of the molecule is CC(C)(C)c1ccccc1O[C@H]1CCCNC1. The molecule has 1 N–H and O–H groups in total. The number of hydrogen-bond donors (Lipinski definition) is 1. The minimum atomic E-state index is 0.138. The molecule has 0 unspecified atom stereocenters. The Kier molecular flexibility index (Phi) is 3.72. The van der Waals surface area contributed by atoms with Crippen LogP contribution in [0.25, 0.3) is 0 Å². The zero-order valence-electron chi connectivity index (χ0n) is 11.1. The largest absolute Gasteiger partial charge is 0.489 e. The summed E-state index contributed by atoms with van der Waals surface area (Å²) in [5, 5.41) is 3.39. The van der Waals surface area contributed by atoms with E-state index in [-0.39, 0.29) is 5.41 Å². The first kappa shape index (κ1) is 12.4. The van der Waals surface area contributed by atoms with E-state index in [0.717, 1.165) is 25.3 Å². The molecule has 94 valence electrons. The molecule has 0 bridgehead atoms. The van der Waals surface area contributed by atoms with Gasteiger partial charge in [0.05, 0.1) is 0 Å². The van der Waals surface area contributed by atoms with Crippen LogP contribution in [0.2, 0.25) is 0 Å². The maximum atomic E-state index is 6.15. The van der Waals surface area contributed by atoms with Gasteiger partial charge in [0.2, 0.25) is 0 Å². The van der Waals surface area contributed by atoms with E-state index in [1.165, 1.54) is 12.0 Å². The molecule has 1 aliphatic heterocycles. The van der Waals surface area contributed by atoms with Crippen LogP contribution in [0.5, 0.6) is 5.75 Å². The first-order valence-corrected chi connectivity index (χ1v) is 6.54. The summed E-state index contributed by atoms with van der Waals surface area (Å²) >= 11 is 0. The van der Waals surface area contributed by atoms with Gasteiger partial charge >= 0.3 is 0 Å². The van der Waals surface area contributed by atoms with Gasteiger partial charge in [0.25, 0.3) is 0 Å². The fourth-order valence-electron chi connectivity index (χ4n) is 2.29. The molecule has 0 spiro atoms. The van der Waals surface area contributed by atoms with Crippen molar-refractivity contribution in [1.29, 1.82) is 0 Å². The number of nitrogens with one attached hydrogen (secondary N) is 1. The number of hydrogen-bond acceptors (Lipinski definition) is 2. The maximum Gasteiger partial charge on any atom is 0.123 e. The number of rotatable bonds is 2. The van der Waals surface area contributed by atoms with Gasteiger partial charge in [-0.25, -0.2) is 0 Å². The number of benzene rings is 1. The lowest BCUT2D eigenvalue weighted by molar-refractivity contribution is 0.164. The maximum absolute atomic E-state index is 6.15. The molecule has 1 saturated heterocycles. The highest BCUT2D eigenvalue weighted by atomic mass is 16.5. The van der Waals surface area contributed by atoms with E-state index in [0.29, 0.717) is 6.10 Å². The lowest BCUT2D eigenvalue weighted by Gasteiger charge is -2.28. The predicted octanol–water partition coefficient (Wildman–Crippen LogP) is 3.11. The zero-order chi connectivity index (χ0) is 12.3. The summed E-state index contributed by atoms with van der Waals surface area (Å²) in [5.41, 5.74) is 1.43. The lowest BCUT2D eigenvalue weighted by atomic mass is 9.86. The van der Waals surface area contributed by atoms with Crippen LogP contribution >= 0.6 is 0 Å². The molecule has 2 rings (SSSR count). The van der Waals surface area contributed by atoms with Gasteiger partial charge in [-0.1, -0.05) is 39.0 Å². The van der Waals surface area contributed by atoms with Crippen molar-refractivity contribution in [3.05, 3.63) is 29.8 Å². The summed E-state index contributed by atoms with van der Waals surface area (Å²) in [6.45, 7) is 8.79. The number of piperidine rings is 1. The molecule has 1 fully saturated rings. The van der Waals surface area contributed by atoms with Gasteiger partial charge in [0.1, 0.15) is 11.9 Å². The van der Waals surface area contributed by atoms with Gasteiger partial charge in [0, 0.05) is 6.54 Å². The van der Waals surface area contributed by atoms with Gasteiger partial charge in [-0.3, -0.25) is 0 Å². The molecule has 1 heterocycles. The third-order valence-corrected chi connectivity index (χ3v) is 3.24. The first-order valence-electron chi connectivity index (χ1n) is 6.54. The molecule has 2 nitrogen and oxygen atoms in total. The Morgan fingerprint density at radius 2 is 2.00 bits per heavy atom. The second-order valence-corrected chi connectivity index (χ2v) is 5.83. The standard InChI is InChI=1S/C15H23NO/c1-15(2,3)13-8-4-5-9-14(13)17-12-7-6-10-16-11-12/h4-5,8-9,12,16H,6-7,10-11H2,1-3H3/t12-/m0/s1. The summed E-state index contributed by atoms with van der Waals surface area (Å²) in [6.07, 6.45) is 2.70. The Morgan fingerprint density at radius 1 is 1.24 bits per heavy atom. The van der Waals surface area contributed by atoms with E-state index < -0.39 is 0 Å². The van der Waals surface area contributed by atoms with Crippen molar-refractivity contribution in [3.63, 3.8) is 0 Å². The van der Waals surface area contributed by atoms with Gasteiger partial charge < -0.3 is 10.1 Å². The van der Waals surface area contributed by atoms with Gasteiger partial charge in [0.15, 0.2) is 0 Å². The van der Waals surface area contributed by atoms with Crippen molar-refractivity contribution in [2.45, 2.75) is 45.1 Å². The van der Waals surface area contributed by atoms with E-state index in [1.807, 2.05) is 0 Å². The van der Waals surface area contributed by atoms with Crippen LogP contribution in [0.1, 0.15) is 39.2 Å². The highest BCUT2D eigenvalue weighted by Crippen LogP contribution is 2.32. The van der Waals surface area contributed by atoms with E-state index in [4.69, 9.17) is 4.74 Å². The van der Waals surface area contributed by atoms with E-state index in [9.17, 15) is 0 Å². The van der Waals surface area contributed by atoms with Crippen LogP contribution < -0.4 is 10.1 Å². The highest BCUT2D eigenvalue weighted by Gasteiger charge is 2.21. The van der Waals surface area contributed by atoms with Crippen LogP contribution in [0.4, 0.5) is 0 Å². The second-order valence-electron chi connectivity index (χ2n) is 5.83. The zero-order valence-corrected chi connectivity index (χ0v) is 11.1. The average Bonchev–Trinajstić information content (AvgIpc) is 2.30. The topological polar surface area (TPSA) is 21.3 Å². The van der Waals surface area contributed by atoms with Crippen LogP contribution in [0, 0.1) is 0 Å². The molecular formula is C15H23NO. The van der Waals surface area contributed by atoms with Crippen molar-refractivity contribution in [2.75, 3.05) is 13.1 Å². The van der Waals surface area contributed by atoms with Crippen molar-refractivity contribution in [3.8, 4) is 5.75 Å². The summed E-state index contributed by atoms with van der Waals surface area (Å²) in [5.74, 6) is 1.05. The molecule has 0 saturated carbocycles. The lowest BCUT2D eigenvalue weighted by Crippen LogP contribution is -2.37. The van der Waals surface area contributed by atoms with Crippen LogP contribution in [-0.4, -0.2) is 19.2 Å². The van der Waals surface area contributed by atoms with E-state index in [1.54, 1.807) is 0 Å². The van der Waals surface area contributed by atoms with Crippen molar-refractivity contribution < 1.29 is 4.74 Å². The van der Waals surface area contributed by atoms with Crippen molar-refractivity contribution in [1.82, 2.24) is 5.32 Å². The molecule has 1 aromatic carbocycles. The molecule has 0 aliphatic carbocycles. The van der Waals surface area contributed by atoms with Crippen molar-refractivity contribution >= 4 is 0 Å². The minimum Gasteiger partial charge on any atom is -0.489 e. The fraction of sp³-hybridized carbons (Fsp3) is 0.600. The number of ether oxygens (including phenoxy) is 1. The highest BCUT2D eigenvalue weighted by molar-refractivity contribution is 5.38. The molecule has 0 radical (unpaired) electrons. The Morgan fingerprint density at radius 3 is 2.65 bits per heavy atom. The molecule has 1 atom stereocenters. The third-order valence-electron chi connectivity index (χ3n) is 3.24. The van der Waals surface area contributed by atoms with Crippen molar-refractivity contribution in [2.24, 2.45) is 0 Å². The van der Waals surface area contributed by atoms with Gasteiger partial charge in [-0.05, 0) is 36.4 Å². The van der Waals surface area contributed by atoms with Crippen LogP contribution in [0.15, 0.2) is 24.3 Å². The van der Waals surface area contributed by atoms with E-state index in [2.05, 4.69) is 50.4 Å². The Hall–Kier alpha value is -1.02. The first-order chi connectivity index (χ1) is 8.07.